The van der Waals surface area contributed by atoms with Gasteiger partial charge in [0.25, 0.3) is 9.05 Å². The standard InChI is InChI=1S/C14H19ClO3S/c1-10(2)7-8-18-14-6-5-12(19(15,16)17)9-13(14)11(3)4/h5-6,9,11H,1,7-8H2,2-4H3. The summed E-state index contributed by atoms with van der Waals surface area (Å²) < 4.78 is 28.3. The third-order valence-electron chi connectivity index (χ3n) is 2.67. The molecule has 0 bridgehead atoms. The molecule has 0 aliphatic carbocycles. The lowest BCUT2D eigenvalue weighted by Gasteiger charge is -2.15. The summed E-state index contributed by atoms with van der Waals surface area (Å²) in [5.74, 6) is 0.846. The predicted octanol–water partition coefficient (Wildman–Crippen LogP) is 4.08. The molecular formula is C14H19ClO3S. The zero-order valence-electron chi connectivity index (χ0n) is 11.4. The molecule has 3 nitrogen and oxygen atoms in total. The normalized spacial score (nSPS) is 11.6. The summed E-state index contributed by atoms with van der Waals surface area (Å²) in [5, 5.41) is 0. The SMILES string of the molecule is C=C(C)CCOc1ccc(S(=O)(=O)Cl)cc1C(C)C. The summed E-state index contributed by atoms with van der Waals surface area (Å²) in [6.07, 6.45) is 0.771. The van der Waals surface area contributed by atoms with E-state index in [9.17, 15) is 8.42 Å². The molecule has 0 fully saturated rings. The Kier molecular flexibility index (Phi) is 5.44. The van der Waals surface area contributed by atoms with E-state index in [0.29, 0.717) is 12.4 Å². The van der Waals surface area contributed by atoms with Crippen LogP contribution in [0.25, 0.3) is 0 Å². The van der Waals surface area contributed by atoms with Gasteiger partial charge in [0.2, 0.25) is 0 Å². The van der Waals surface area contributed by atoms with Crippen LogP contribution in [0.5, 0.6) is 5.75 Å². The van der Waals surface area contributed by atoms with Crippen molar-refractivity contribution in [2.75, 3.05) is 6.61 Å². The van der Waals surface area contributed by atoms with Gasteiger partial charge in [0, 0.05) is 17.1 Å². The molecule has 19 heavy (non-hydrogen) atoms. The number of halogens is 1. The van der Waals surface area contributed by atoms with Gasteiger partial charge in [0.1, 0.15) is 5.75 Å². The number of benzene rings is 1. The van der Waals surface area contributed by atoms with Crippen LogP contribution in [-0.4, -0.2) is 15.0 Å². The van der Waals surface area contributed by atoms with Gasteiger partial charge in [-0.25, -0.2) is 8.42 Å². The molecule has 0 aromatic heterocycles. The number of rotatable bonds is 6. The second-order valence-electron chi connectivity index (χ2n) is 4.85. The van der Waals surface area contributed by atoms with Crippen LogP contribution in [-0.2, 0) is 9.05 Å². The summed E-state index contributed by atoms with van der Waals surface area (Å²) >= 11 is 0. The van der Waals surface area contributed by atoms with Crippen LogP contribution in [0.1, 0.15) is 38.7 Å². The first-order chi connectivity index (χ1) is 8.71. The topological polar surface area (TPSA) is 43.4 Å². The van der Waals surface area contributed by atoms with E-state index in [4.69, 9.17) is 15.4 Å². The van der Waals surface area contributed by atoms with E-state index in [1.807, 2.05) is 20.8 Å². The molecule has 0 atom stereocenters. The molecule has 0 aliphatic rings. The molecule has 1 aromatic carbocycles. The van der Waals surface area contributed by atoms with Gasteiger partial charge >= 0.3 is 0 Å². The highest BCUT2D eigenvalue weighted by molar-refractivity contribution is 8.13. The van der Waals surface area contributed by atoms with Crippen LogP contribution in [0, 0.1) is 0 Å². The van der Waals surface area contributed by atoms with Crippen LogP contribution in [0.3, 0.4) is 0 Å². The molecule has 0 unspecified atom stereocenters. The zero-order valence-corrected chi connectivity index (χ0v) is 13.0. The van der Waals surface area contributed by atoms with Gasteiger partial charge in [-0.05, 0) is 36.6 Å². The fourth-order valence-corrected chi connectivity index (χ4v) is 2.38. The number of hydrogen-bond donors (Lipinski definition) is 0. The van der Waals surface area contributed by atoms with Crippen LogP contribution in [0.15, 0.2) is 35.2 Å². The first kappa shape index (κ1) is 16.1. The predicted molar refractivity (Wildman–Crippen MR) is 78.5 cm³/mol. The molecule has 0 radical (unpaired) electrons. The van der Waals surface area contributed by atoms with Crippen LogP contribution < -0.4 is 4.74 Å². The summed E-state index contributed by atoms with van der Waals surface area (Å²) in [7, 11) is 1.65. The molecule has 5 heteroatoms. The third-order valence-corrected chi connectivity index (χ3v) is 4.02. The minimum absolute atomic E-state index is 0.102. The smallest absolute Gasteiger partial charge is 0.261 e. The summed E-state index contributed by atoms with van der Waals surface area (Å²) in [6, 6.07) is 4.69. The lowest BCUT2D eigenvalue weighted by molar-refractivity contribution is 0.317. The molecule has 0 spiro atoms. The highest BCUT2D eigenvalue weighted by atomic mass is 35.7. The second kappa shape index (κ2) is 6.44. The van der Waals surface area contributed by atoms with Crippen molar-refractivity contribution in [3.63, 3.8) is 0 Å². The maximum Gasteiger partial charge on any atom is 0.261 e. The van der Waals surface area contributed by atoms with E-state index in [-0.39, 0.29) is 10.8 Å². The Balaban J connectivity index is 3.02. The van der Waals surface area contributed by atoms with E-state index < -0.39 is 9.05 Å². The fourth-order valence-electron chi connectivity index (χ4n) is 1.60. The third kappa shape index (κ3) is 4.88. The summed E-state index contributed by atoms with van der Waals surface area (Å²) in [5.41, 5.74) is 1.88. The van der Waals surface area contributed by atoms with Crippen LogP contribution >= 0.6 is 10.7 Å². The van der Waals surface area contributed by atoms with E-state index in [0.717, 1.165) is 17.6 Å². The van der Waals surface area contributed by atoms with Crippen molar-refractivity contribution in [2.45, 2.75) is 38.0 Å². The Morgan fingerprint density at radius 3 is 2.53 bits per heavy atom. The minimum Gasteiger partial charge on any atom is -0.493 e. The molecule has 106 valence electrons. The van der Waals surface area contributed by atoms with Crippen molar-refractivity contribution >= 4 is 19.7 Å². The Morgan fingerprint density at radius 2 is 2.05 bits per heavy atom. The summed E-state index contributed by atoms with van der Waals surface area (Å²) in [4.78, 5) is 0.102. The van der Waals surface area contributed by atoms with Gasteiger partial charge in [-0.15, -0.1) is 6.58 Å². The maximum atomic E-state index is 11.3. The van der Waals surface area contributed by atoms with Crippen molar-refractivity contribution in [2.24, 2.45) is 0 Å². The van der Waals surface area contributed by atoms with E-state index in [1.54, 1.807) is 12.1 Å². The number of ether oxygens (including phenoxy) is 1. The second-order valence-corrected chi connectivity index (χ2v) is 7.41. The van der Waals surface area contributed by atoms with Crippen molar-refractivity contribution in [3.8, 4) is 5.75 Å². The van der Waals surface area contributed by atoms with Gasteiger partial charge in [0.05, 0.1) is 11.5 Å². The molecular weight excluding hydrogens is 284 g/mol. The Morgan fingerprint density at radius 1 is 1.42 bits per heavy atom. The molecule has 0 aliphatic heterocycles. The van der Waals surface area contributed by atoms with Gasteiger partial charge in [0.15, 0.2) is 0 Å². The minimum atomic E-state index is -3.71. The Hall–Kier alpha value is -1.00. The molecule has 0 saturated carbocycles. The average Bonchev–Trinajstić information content (AvgIpc) is 2.27. The molecule has 1 aromatic rings. The quantitative estimate of drug-likeness (QED) is 0.587. The zero-order chi connectivity index (χ0) is 14.6. The van der Waals surface area contributed by atoms with Gasteiger partial charge in [-0.3, -0.25) is 0 Å². The highest BCUT2D eigenvalue weighted by Gasteiger charge is 2.15. The van der Waals surface area contributed by atoms with E-state index in [1.165, 1.54) is 6.07 Å². The lowest BCUT2D eigenvalue weighted by Crippen LogP contribution is -2.03. The molecule has 0 saturated heterocycles. The maximum absolute atomic E-state index is 11.3. The Labute approximate surface area is 119 Å². The highest BCUT2D eigenvalue weighted by Crippen LogP contribution is 2.30. The van der Waals surface area contributed by atoms with Crippen molar-refractivity contribution in [1.82, 2.24) is 0 Å². The van der Waals surface area contributed by atoms with Crippen molar-refractivity contribution in [3.05, 3.63) is 35.9 Å². The van der Waals surface area contributed by atoms with E-state index >= 15 is 0 Å². The van der Waals surface area contributed by atoms with Crippen LogP contribution in [0.4, 0.5) is 0 Å². The van der Waals surface area contributed by atoms with Crippen molar-refractivity contribution in [1.29, 1.82) is 0 Å². The monoisotopic (exact) mass is 302 g/mol. The van der Waals surface area contributed by atoms with Gasteiger partial charge in [-0.1, -0.05) is 19.4 Å². The molecule has 1 rings (SSSR count). The largest absolute Gasteiger partial charge is 0.493 e. The number of hydrogen-bond acceptors (Lipinski definition) is 3. The van der Waals surface area contributed by atoms with E-state index in [2.05, 4.69) is 6.58 Å². The first-order valence-corrected chi connectivity index (χ1v) is 8.38. The summed E-state index contributed by atoms with van der Waals surface area (Å²) in [6.45, 7) is 10.2. The molecule has 0 amide bonds. The average molecular weight is 303 g/mol. The molecule has 0 heterocycles. The molecule has 0 N–H and O–H groups in total. The lowest BCUT2D eigenvalue weighted by atomic mass is 10.0. The first-order valence-electron chi connectivity index (χ1n) is 6.07. The van der Waals surface area contributed by atoms with Gasteiger partial charge < -0.3 is 4.74 Å². The Bertz CT molecular complexity index is 562. The van der Waals surface area contributed by atoms with Crippen molar-refractivity contribution < 1.29 is 13.2 Å². The van der Waals surface area contributed by atoms with Crippen LogP contribution in [0.2, 0.25) is 0 Å². The fraction of sp³-hybridized carbons (Fsp3) is 0.429. The van der Waals surface area contributed by atoms with Gasteiger partial charge in [-0.2, -0.15) is 0 Å².